The molecule has 1 aromatic carbocycles. The maximum atomic E-state index is 11.3. The molecule has 2 aromatic rings. The quantitative estimate of drug-likeness (QED) is 0.849. The SMILES string of the molecule is Cn1c(=O)oc2cc(C3CC3C(=O)O)ccc21. The van der Waals surface area contributed by atoms with Crippen molar-refractivity contribution in [1.29, 1.82) is 0 Å². The van der Waals surface area contributed by atoms with Crippen molar-refractivity contribution in [2.24, 2.45) is 13.0 Å². The predicted molar refractivity (Wildman–Crippen MR) is 59.9 cm³/mol. The third-order valence-corrected chi connectivity index (χ3v) is 3.35. The molecule has 3 rings (SSSR count). The summed E-state index contributed by atoms with van der Waals surface area (Å²) in [6, 6.07) is 5.43. The molecule has 5 nitrogen and oxygen atoms in total. The molecule has 0 bridgehead atoms. The Labute approximate surface area is 96.3 Å². The standard InChI is InChI=1S/C12H11NO4/c1-13-9-3-2-6(4-10(9)17-12(13)16)7-5-8(7)11(14)15/h2-4,7-8H,5H2,1H3,(H,14,15). The van der Waals surface area contributed by atoms with Crippen molar-refractivity contribution in [1.82, 2.24) is 4.57 Å². The number of oxazole rings is 1. The molecule has 5 heteroatoms. The number of carboxylic acids is 1. The molecule has 88 valence electrons. The van der Waals surface area contributed by atoms with E-state index in [1.807, 2.05) is 6.07 Å². The molecule has 0 amide bonds. The van der Waals surface area contributed by atoms with Crippen LogP contribution >= 0.6 is 0 Å². The number of aryl methyl sites for hydroxylation is 1. The highest BCUT2D eigenvalue weighted by atomic mass is 16.4. The number of hydrogen-bond acceptors (Lipinski definition) is 3. The van der Waals surface area contributed by atoms with Gasteiger partial charge < -0.3 is 9.52 Å². The number of rotatable bonds is 2. The van der Waals surface area contributed by atoms with Crippen LogP contribution in [-0.2, 0) is 11.8 Å². The van der Waals surface area contributed by atoms with E-state index in [0.717, 1.165) is 11.1 Å². The van der Waals surface area contributed by atoms with Crippen molar-refractivity contribution >= 4 is 17.1 Å². The summed E-state index contributed by atoms with van der Waals surface area (Å²) in [7, 11) is 1.64. The zero-order chi connectivity index (χ0) is 12.2. The van der Waals surface area contributed by atoms with Crippen molar-refractivity contribution < 1.29 is 14.3 Å². The van der Waals surface area contributed by atoms with E-state index in [4.69, 9.17) is 9.52 Å². The predicted octanol–water partition coefficient (Wildman–Crippen LogP) is 1.32. The van der Waals surface area contributed by atoms with Crippen molar-refractivity contribution in [3.05, 3.63) is 34.3 Å². The summed E-state index contributed by atoms with van der Waals surface area (Å²) >= 11 is 0. The van der Waals surface area contributed by atoms with Crippen LogP contribution in [0.2, 0.25) is 0 Å². The number of aromatic nitrogens is 1. The van der Waals surface area contributed by atoms with Gasteiger partial charge in [-0.2, -0.15) is 0 Å². The van der Waals surface area contributed by atoms with E-state index in [1.54, 1.807) is 19.2 Å². The van der Waals surface area contributed by atoms with Gasteiger partial charge in [0, 0.05) is 7.05 Å². The minimum Gasteiger partial charge on any atom is -0.481 e. The van der Waals surface area contributed by atoms with Gasteiger partial charge in [-0.15, -0.1) is 0 Å². The lowest BCUT2D eigenvalue weighted by atomic mass is 10.1. The first kappa shape index (κ1) is 10.1. The van der Waals surface area contributed by atoms with Gasteiger partial charge >= 0.3 is 11.7 Å². The molecule has 1 aliphatic carbocycles. The van der Waals surface area contributed by atoms with Crippen molar-refractivity contribution in [3.8, 4) is 0 Å². The number of nitrogens with zero attached hydrogens (tertiary/aromatic N) is 1. The lowest BCUT2D eigenvalue weighted by Gasteiger charge is -1.98. The first-order chi connectivity index (χ1) is 8.08. The van der Waals surface area contributed by atoms with Crippen LogP contribution in [0.25, 0.3) is 11.1 Å². The Bertz CT molecular complexity index is 667. The Morgan fingerprint density at radius 3 is 2.94 bits per heavy atom. The topological polar surface area (TPSA) is 72.4 Å². The first-order valence-corrected chi connectivity index (χ1v) is 5.40. The van der Waals surface area contributed by atoms with Gasteiger partial charge in [0.05, 0.1) is 11.4 Å². The molecule has 0 spiro atoms. The zero-order valence-corrected chi connectivity index (χ0v) is 9.21. The monoisotopic (exact) mass is 233 g/mol. The van der Waals surface area contributed by atoms with E-state index in [-0.39, 0.29) is 11.8 Å². The summed E-state index contributed by atoms with van der Waals surface area (Å²) in [5.74, 6) is -1.39. The minimum absolute atomic E-state index is 0.0578. The van der Waals surface area contributed by atoms with Crippen molar-refractivity contribution in [2.75, 3.05) is 0 Å². The second kappa shape index (κ2) is 3.23. The molecule has 0 aliphatic heterocycles. The third kappa shape index (κ3) is 1.46. The Kier molecular flexibility index (Phi) is 1.92. The number of aliphatic carboxylic acids is 1. The van der Waals surface area contributed by atoms with Crippen LogP contribution < -0.4 is 5.76 Å². The van der Waals surface area contributed by atoms with E-state index >= 15 is 0 Å². The molecule has 1 N–H and O–H groups in total. The second-order valence-corrected chi connectivity index (χ2v) is 4.44. The molecule has 1 aliphatic rings. The molecule has 0 radical (unpaired) electrons. The molecule has 1 heterocycles. The summed E-state index contributed by atoms with van der Waals surface area (Å²) in [5, 5.41) is 8.87. The number of hydrogen-bond donors (Lipinski definition) is 1. The van der Waals surface area contributed by atoms with Gasteiger partial charge in [0.25, 0.3) is 0 Å². The van der Waals surface area contributed by atoms with Gasteiger partial charge in [-0.1, -0.05) is 6.07 Å². The number of carboxylic acid groups (broad SMARTS) is 1. The van der Waals surface area contributed by atoms with Gasteiger partial charge in [-0.05, 0) is 30.0 Å². The van der Waals surface area contributed by atoms with Crippen LogP contribution in [0.4, 0.5) is 0 Å². The van der Waals surface area contributed by atoms with Crippen LogP contribution in [0.1, 0.15) is 17.9 Å². The molecule has 1 saturated carbocycles. The average Bonchev–Trinajstić information content (AvgIpc) is 3.03. The fourth-order valence-electron chi connectivity index (χ4n) is 2.22. The summed E-state index contributed by atoms with van der Waals surface area (Å²) in [6.45, 7) is 0. The molecular weight excluding hydrogens is 222 g/mol. The molecule has 0 saturated heterocycles. The number of fused-ring (bicyclic) bond motifs is 1. The Hall–Kier alpha value is -2.04. The van der Waals surface area contributed by atoms with Crippen molar-refractivity contribution in [2.45, 2.75) is 12.3 Å². The van der Waals surface area contributed by atoms with E-state index in [1.165, 1.54) is 4.57 Å². The fourth-order valence-corrected chi connectivity index (χ4v) is 2.22. The number of carbonyl (C=O) groups is 1. The van der Waals surface area contributed by atoms with E-state index in [2.05, 4.69) is 0 Å². The van der Waals surface area contributed by atoms with Crippen LogP contribution in [0, 0.1) is 5.92 Å². The Balaban J connectivity index is 2.04. The van der Waals surface area contributed by atoms with Crippen LogP contribution in [0.3, 0.4) is 0 Å². The lowest BCUT2D eigenvalue weighted by Crippen LogP contribution is -2.08. The second-order valence-electron chi connectivity index (χ2n) is 4.44. The third-order valence-electron chi connectivity index (χ3n) is 3.35. The van der Waals surface area contributed by atoms with Crippen LogP contribution in [-0.4, -0.2) is 15.6 Å². The maximum absolute atomic E-state index is 11.3. The van der Waals surface area contributed by atoms with Gasteiger partial charge in [0.2, 0.25) is 0 Å². The smallest absolute Gasteiger partial charge is 0.419 e. The van der Waals surface area contributed by atoms with E-state index in [0.29, 0.717) is 12.0 Å². The highest BCUT2D eigenvalue weighted by molar-refractivity contribution is 5.77. The van der Waals surface area contributed by atoms with E-state index < -0.39 is 11.7 Å². The minimum atomic E-state index is -0.760. The zero-order valence-electron chi connectivity index (χ0n) is 9.21. The van der Waals surface area contributed by atoms with Gasteiger partial charge in [-0.3, -0.25) is 9.36 Å². The maximum Gasteiger partial charge on any atom is 0.419 e. The highest BCUT2D eigenvalue weighted by Gasteiger charge is 2.44. The van der Waals surface area contributed by atoms with Gasteiger partial charge in [-0.25, -0.2) is 4.79 Å². The Morgan fingerprint density at radius 1 is 1.53 bits per heavy atom. The summed E-state index contributed by atoms with van der Waals surface area (Å²) < 4.78 is 6.50. The summed E-state index contributed by atoms with van der Waals surface area (Å²) in [4.78, 5) is 22.1. The Morgan fingerprint density at radius 2 is 2.29 bits per heavy atom. The average molecular weight is 233 g/mol. The molecule has 1 fully saturated rings. The summed E-state index contributed by atoms with van der Waals surface area (Å²) in [5.41, 5.74) is 2.18. The molecular formula is C12H11NO4. The highest BCUT2D eigenvalue weighted by Crippen LogP contribution is 2.47. The number of benzene rings is 1. The van der Waals surface area contributed by atoms with Crippen LogP contribution in [0.15, 0.2) is 27.4 Å². The molecule has 17 heavy (non-hydrogen) atoms. The first-order valence-electron chi connectivity index (χ1n) is 5.40. The van der Waals surface area contributed by atoms with Gasteiger partial charge in [0.1, 0.15) is 0 Å². The molecule has 2 unspecified atom stereocenters. The summed E-state index contributed by atoms with van der Waals surface area (Å²) in [6.07, 6.45) is 0.665. The molecule has 1 aromatic heterocycles. The normalized spacial score (nSPS) is 22.9. The largest absolute Gasteiger partial charge is 0.481 e. The molecule has 2 atom stereocenters. The fraction of sp³-hybridized carbons (Fsp3) is 0.333. The van der Waals surface area contributed by atoms with Crippen LogP contribution in [0.5, 0.6) is 0 Å². The van der Waals surface area contributed by atoms with Crippen molar-refractivity contribution in [3.63, 3.8) is 0 Å². The van der Waals surface area contributed by atoms with Gasteiger partial charge in [0.15, 0.2) is 5.58 Å². The van der Waals surface area contributed by atoms with E-state index in [9.17, 15) is 9.59 Å². The lowest BCUT2D eigenvalue weighted by molar-refractivity contribution is -0.138.